The maximum atomic E-state index is 12.0. The van der Waals surface area contributed by atoms with Crippen LogP contribution in [0, 0.1) is 0 Å². The van der Waals surface area contributed by atoms with Gasteiger partial charge in [0.05, 0.1) is 11.8 Å². The second-order valence-corrected chi connectivity index (χ2v) is 5.95. The maximum Gasteiger partial charge on any atom is 0.235 e. The quantitative estimate of drug-likeness (QED) is 0.614. The third-order valence-electron chi connectivity index (χ3n) is 2.27. The monoisotopic (exact) mass is 251 g/mol. The molecule has 96 valence electrons. The molecule has 1 amide bonds. The Balaban J connectivity index is 4.83. The second kappa shape index (κ2) is 6.82. The Morgan fingerprint density at radius 2 is 2.06 bits per heavy atom. The van der Waals surface area contributed by atoms with Gasteiger partial charge in [-0.25, -0.2) is 8.42 Å². The molecule has 0 aromatic carbocycles. The van der Waals surface area contributed by atoms with Crippen LogP contribution in [0.25, 0.3) is 0 Å². The summed E-state index contributed by atoms with van der Waals surface area (Å²) in [6.07, 6.45) is 0.660. The Labute approximate surface area is 97.2 Å². The first-order valence-corrected chi connectivity index (χ1v) is 6.80. The zero-order chi connectivity index (χ0) is 12.8. The first kappa shape index (κ1) is 15.3. The van der Waals surface area contributed by atoms with Gasteiger partial charge in [0.2, 0.25) is 15.9 Å². The summed E-state index contributed by atoms with van der Waals surface area (Å²) < 4.78 is 25.1. The number of carbonyl (C=O) groups is 1. The SMILES string of the molecule is CCCN(CC(=O)NC)S(=O)(=O)C(C)CN. The van der Waals surface area contributed by atoms with E-state index in [2.05, 4.69) is 5.32 Å². The van der Waals surface area contributed by atoms with Crippen LogP contribution in [-0.2, 0) is 14.8 Å². The molecule has 0 aliphatic carbocycles. The van der Waals surface area contributed by atoms with Gasteiger partial charge in [-0.3, -0.25) is 4.79 Å². The highest BCUT2D eigenvalue weighted by Crippen LogP contribution is 2.08. The van der Waals surface area contributed by atoms with Gasteiger partial charge in [0.25, 0.3) is 0 Å². The predicted molar refractivity (Wildman–Crippen MR) is 63.4 cm³/mol. The van der Waals surface area contributed by atoms with Gasteiger partial charge >= 0.3 is 0 Å². The molecular weight excluding hydrogens is 230 g/mol. The summed E-state index contributed by atoms with van der Waals surface area (Å²) >= 11 is 0. The highest BCUT2D eigenvalue weighted by atomic mass is 32.2. The number of sulfonamides is 1. The summed E-state index contributed by atoms with van der Waals surface area (Å²) in [5, 5.41) is 1.74. The highest BCUT2D eigenvalue weighted by molar-refractivity contribution is 7.89. The summed E-state index contributed by atoms with van der Waals surface area (Å²) in [5.74, 6) is -0.318. The van der Waals surface area contributed by atoms with Gasteiger partial charge in [0.15, 0.2) is 0 Å². The zero-order valence-electron chi connectivity index (χ0n) is 10.1. The van der Waals surface area contributed by atoms with Gasteiger partial charge < -0.3 is 11.1 Å². The number of hydrogen-bond acceptors (Lipinski definition) is 4. The molecule has 6 nitrogen and oxygen atoms in total. The minimum absolute atomic E-state index is 0.0519. The molecule has 0 spiro atoms. The first-order valence-electron chi connectivity index (χ1n) is 5.29. The van der Waals surface area contributed by atoms with E-state index in [9.17, 15) is 13.2 Å². The summed E-state index contributed by atoms with van der Waals surface area (Å²) in [7, 11) is -1.99. The van der Waals surface area contributed by atoms with E-state index in [0.29, 0.717) is 13.0 Å². The molecule has 0 bridgehead atoms. The third-order valence-corrected chi connectivity index (χ3v) is 4.51. The van der Waals surface area contributed by atoms with E-state index in [1.807, 2.05) is 6.92 Å². The van der Waals surface area contributed by atoms with E-state index in [4.69, 9.17) is 5.73 Å². The molecule has 7 heteroatoms. The van der Waals surface area contributed by atoms with Crippen molar-refractivity contribution < 1.29 is 13.2 Å². The number of amides is 1. The summed E-state index contributed by atoms with van der Waals surface area (Å²) in [6, 6.07) is 0. The lowest BCUT2D eigenvalue weighted by Crippen LogP contribution is -2.45. The van der Waals surface area contributed by atoms with Crippen molar-refractivity contribution >= 4 is 15.9 Å². The lowest BCUT2D eigenvalue weighted by Gasteiger charge is -2.23. The van der Waals surface area contributed by atoms with E-state index in [0.717, 1.165) is 0 Å². The summed E-state index contributed by atoms with van der Waals surface area (Å²) in [5.41, 5.74) is 5.35. The number of nitrogens with one attached hydrogen (secondary N) is 1. The van der Waals surface area contributed by atoms with Crippen molar-refractivity contribution in [3.8, 4) is 0 Å². The Kier molecular flexibility index (Phi) is 6.54. The highest BCUT2D eigenvalue weighted by Gasteiger charge is 2.28. The van der Waals surface area contributed by atoms with Crippen LogP contribution in [0.5, 0.6) is 0 Å². The molecule has 0 rings (SSSR count). The molecule has 1 atom stereocenters. The Bertz CT molecular complexity index is 316. The van der Waals surface area contributed by atoms with Crippen molar-refractivity contribution in [1.82, 2.24) is 9.62 Å². The fourth-order valence-electron chi connectivity index (χ4n) is 1.16. The number of rotatable bonds is 7. The molecule has 0 aromatic rings. The van der Waals surface area contributed by atoms with Crippen molar-refractivity contribution in [2.75, 3.05) is 26.7 Å². The molecule has 0 saturated carbocycles. The first-order chi connectivity index (χ1) is 7.39. The van der Waals surface area contributed by atoms with Crippen molar-refractivity contribution in [2.24, 2.45) is 5.73 Å². The van der Waals surface area contributed by atoms with Gasteiger partial charge in [-0.1, -0.05) is 6.92 Å². The van der Waals surface area contributed by atoms with E-state index >= 15 is 0 Å². The van der Waals surface area contributed by atoms with Gasteiger partial charge in [0, 0.05) is 20.1 Å². The predicted octanol–water partition coefficient (Wildman–Crippen LogP) is -0.879. The van der Waals surface area contributed by atoms with E-state index in [-0.39, 0.29) is 19.0 Å². The van der Waals surface area contributed by atoms with E-state index in [1.54, 1.807) is 6.92 Å². The fraction of sp³-hybridized carbons (Fsp3) is 0.889. The Morgan fingerprint density at radius 3 is 2.44 bits per heavy atom. The third kappa shape index (κ3) is 4.07. The van der Waals surface area contributed by atoms with Crippen LogP contribution in [0.1, 0.15) is 20.3 Å². The van der Waals surface area contributed by atoms with Crippen LogP contribution in [-0.4, -0.2) is 50.6 Å². The van der Waals surface area contributed by atoms with Crippen LogP contribution < -0.4 is 11.1 Å². The topological polar surface area (TPSA) is 92.5 Å². The normalized spacial score (nSPS) is 13.8. The standard InChI is InChI=1S/C9H21N3O3S/c1-4-5-12(7-9(13)11-3)16(14,15)8(2)6-10/h8H,4-7,10H2,1-3H3,(H,11,13). The lowest BCUT2D eigenvalue weighted by atomic mass is 10.4. The minimum Gasteiger partial charge on any atom is -0.358 e. The zero-order valence-corrected chi connectivity index (χ0v) is 10.9. The lowest BCUT2D eigenvalue weighted by molar-refractivity contribution is -0.120. The fourth-order valence-corrected chi connectivity index (χ4v) is 2.65. The number of likely N-dealkylation sites (N-methyl/N-ethyl adjacent to an activating group) is 1. The van der Waals surface area contributed by atoms with Crippen LogP contribution in [0.15, 0.2) is 0 Å². The van der Waals surface area contributed by atoms with E-state index in [1.165, 1.54) is 11.4 Å². The molecular formula is C9H21N3O3S. The number of carbonyl (C=O) groups excluding carboxylic acids is 1. The summed E-state index contributed by atoms with van der Waals surface area (Å²) in [4.78, 5) is 11.2. The van der Waals surface area contributed by atoms with Crippen LogP contribution >= 0.6 is 0 Å². The van der Waals surface area contributed by atoms with Gasteiger partial charge in [-0.2, -0.15) is 4.31 Å². The van der Waals surface area contributed by atoms with Gasteiger partial charge in [-0.15, -0.1) is 0 Å². The molecule has 1 unspecified atom stereocenters. The molecule has 0 radical (unpaired) electrons. The second-order valence-electron chi connectivity index (χ2n) is 3.60. The van der Waals surface area contributed by atoms with Crippen LogP contribution in [0.2, 0.25) is 0 Å². The molecule has 3 N–H and O–H groups in total. The molecule has 0 heterocycles. The number of hydrogen-bond donors (Lipinski definition) is 2. The average Bonchev–Trinajstić information content (AvgIpc) is 2.26. The largest absolute Gasteiger partial charge is 0.358 e. The molecule has 0 aliphatic rings. The minimum atomic E-state index is -3.47. The van der Waals surface area contributed by atoms with Gasteiger partial charge in [0.1, 0.15) is 0 Å². The summed E-state index contributed by atoms with van der Waals surface area (Å²) in [6.45, 7) is 3.65. The molecule has 0 saturated heterocycles. The number of nitrogens with zero attached hydrogens (tertiary/aromatic N) is 1. The molecule has 16 heavy (non-hydrogen) atoms. The average molecular weight is 251 g/mol. The molecule has 0 fully saturated rings. The molecule has 0 aliphatic heterocycles. The molecule has 0 aromatic heterocycles. The van der Waals surface area contributed by atoms with Crippen LogP contribution in [0.3, 0.4) is 0 Å². The van der Waals surface area contributed by atoms with E-state index < -0.39 is 15.3 Å². The van der Waals surface area contributed by atoms with Crippen LogP contribution in [0.4, 0.5) is 0 Å². The van der Waals surface area contributed by atoms with Crippen molar-refractivity contribution in [1.29, 1.82) is 0 Å². The van der Waals surface area contributed by atoms with Gasteiger partial charge in [-0.05, 0) is 13.3 Å². The van der Waals surface area contributed by atoms with Crippen molar-refractivity contribution in [3.05, 3.63) is 0 Å². The van der Waals surface area contributed by atoms with Crippen molar-refractivity contribution in [3.63, 3.8) is 0 Å². The number of nitrogens with two attached hydrogens (primary N) is 1. The Morgan fingerprint density at radius 1 is 1.50 bits per heavy atom. The smallest absolute Gasteiger partial charge is 0.235 e. The Hall–Kier alpha value is -0.660. The van der Waals surface area contributed by atoms with Crippen molar-refractivity contribution in [2.45, 2.75) is 25.5 Å². The maximum absolute atomic E-state index is 12.0.